The van der Waals surface area contributed by atoms with Crippen molar-refractivity contribution in [1.82, 2.24) is 0 Å². The Morgan fingerprint density at radius 3 is 1.88 bits per heavy atom. The predicted octanol–water partition coefficient (Wildman–Crippen LogP) is 2.57. The fourth-order valence-corrected chi connectivity index (χ4v) is 0.950. The Morgan fingerprint density at radius 1 is 1.25 bits per heavy atom. The van der Waals surface area contributed by atoms with Gasteiger partial charge in [-0.05, 0) is 24.6 Å². The fourth-order valence-electron chi connectivity index (χ4n) is 0.317. The van der Waals surface area contributed by atoms with Gasteiger partial charge in [-0.15, -0.1) is 0 Å². The number of thioether (sulfide) groups is 1. The summed E-state index contributed by atoms with van der Waals surface area (Å²) < 4.78 is 33.9. The van der Waals surface area contributed by atoms with Crippen molar-refractivity contribution in [3.05, 3.63) is 5.25 Å². The van der Waals surface area contributed by atoms with Crippen molar-refractivity contribution >= 4 is 11.8 Å². The third kappa shape index (κ3) is 2.45. The summed E-state index contributed by atoms with van der Waals surface area (Å²) >= 11 is 0.0394. The highest BCUT2D eigenvalue weighted by Gasteiger charge is 2.38. The molecule has 0 aromatic rings. The van der Waals surface area contributed by atoms with Crippen LogP contribution in [0.3, 0.4) is 0 Å². The van der Waals surface area contributed by atoms with Crippen LogP contribution in [-0.2, 0) is 0 Å². The fraction of sp³-hybridized carbons (Fsp3) is 0.750. The lowest BCUT2D eigenvalue weighted by atomic mass is 11.0. The van der Waals surface area contributed by atoms with E-state index in [1.165, 1.54) is 0 Å². The molecule has 0 nitrogen and oxygen atoms in total. The maximum absolute atomic E-state index is 11.3. The Labute approximate surface area is 49.4 Å². The van der Waals surface area contributed by atoms with Crippen molar-refractivity contribution in [3.8, 4) is 0 Å². The van der Waals surface area contributed by atoms with Gasteiger partial charge in [0.25, 0.3) is 0 Å². The zero-order valence-electron chi connectivity index (χ0n) is 3.96. The number of hydrogen-bond donors (Lipinski definition) is 0. The van der Waals surface area contributed by atoms with Crippen LogP contribution in [0.2, 0.25) is 0 Å². The van der Waals surface area contributed by atoms with E-state index in [1.807, 2.05) is 0 Å². The molecule has 1 rings (SSSR count). The maximum Gasteiger partial charge on any atom is 0.442 e. The smallest absolute Gasteiger partial charge is 0.160 e. The maximum atomic E-state index is 11.3. The average Bonchev–Trinajstić information content (AvgIpc) is 2.12. The minimum Gasteiger partial charge on any atom is -0.160 e. The molecule has 4 heteroatoms. The van der Waals surface area contributed by atoms with Gasteiger partial charge in [0.15, 0.2) is 0 Å². The first-order valence-corrected chi connectivity index (χ1v) is 3.00. The van der Waals surface area contributed by atoms with Crippen LogP contribution in [0.5, 0.6) is 0 Å². The molecule has 1 radical (unpaired) electrons. The first kappa shape index (κ1) is 6.26. The number of hydrogen-bond acceptors (Lipinski definition) is 1. The molecule has 1 fully saturated rings. The SMILES string of the molecule is FC(F)(F)S[C]1CC1. The number of halogens is 3. The van der Waals surface area contributed by atoms with Gasteiger partial charge in [-0.2, -0.15) is 13.2 Å². The summed E-state index contributed by atoms with van der Waals surface area (Å²) in [4.78, 5) is 0. The summed E-state index contributed by atoms with van der Waals surface area (Å²) in [5.41, 5.74) is -4.04. The molecular weight excluding hydrogens is 137 g/mol. The molecule has 1 aliphatic carbocycles. The lowest BCUT2D eigenvalue weighted by molar-refractivity contribution is -0.0324. The van der Waals surface area contributed by atoms with E-state index in [1.54, 1.807) is 0 Å². The zero-order valence-corrected chi connectivity index (χ0v) is 4.77. The number of rotatable bonds is 1. The van der Waals surface area contributed by atoms with Gasteiger partial charge in [0.2, 0.25) is 0 Å². The average molecular weight is 141 g/mol. The van der Waals surface area contributed by atoms with Gasteiger partial charge >= 0.3 is 5.51 Å². The van der Waals surface area contributed by atoms with E-state index in [-0.39, 0.29) is 11.8 Å². The van der Waals surface area contributed by atoms with Crippen LogP contribution in [-0.4, -0.2) is 5.51 Å². The second kappa shape index (κ2) is 1.83. The van der Waals surface area contributed by atoms with Crippen LogP contribution >= 0.6 is 11.8 Å². The Hall–Kier alpha value is 0.140. The topological polar surface area (TPSA) is 0 Å². The molecule has 1 saturated carbocycles. The Kier molecular flexibility index (Phi) is 1.43. The minimum absolute atomic E-state index is 0.0394. The van der Waals surface area contributed by atoms with Gasteiger partial charge in [-0.25, -0.2) is 0 Å². The quantitative estimate of drug-likeness (QED) is 0.540. The molecule has 8 heavy (non-hydrogen) atoms. The molecule has 0 aromatic heterocycles. The molecule has 0 spiro atoms. The molecule has 0 bridgehead atoms. The Morgan fingerprint density at radius 2 is 1.75 bits per heavy atom. The summed E-state index contributed by atoms with van der Waals surface area (Å²) in [5.74, 6) is 0. The molecule has 0 N–H and O–H groups in total. The monoisotopic (exact) mass is 141 g/mol. The standard InChI is InChI=1S/C4H4F3S/c5-4(6,7)8-3-1-2-3/h1-2H2. The molecular formula is C4H4F3S. The zero-order chi connectivity index (χ0) is 6.20. The molecule has 0 saturated heterocycles. The third-order valence-electron chi connectivity index (χ3n) is 0.714. The van der Waals surface area contributed by atoms with E-state index in [2.05, 4.69) is 0 Å². The largest absolute Gasteiger partial charge is 0.442 e. The summed E-state index contributed by atoms with van der Waals surface area (Å²) in [6.07, 6.45) is 1.31. The van der Waals surface area contributed by atoms with Crippen LogP contribution < -0.4 is 0 Å². The van der Waals surface area contributed by atoms with Crippen molar-refractivity contribution in [2.24, 2.45) is 0 Å². The third-order valence-corrected chi connectivity index (χ3v) is 1.64. The molecule has 0 amide bonds. The van der Waals surface area contributed by atoms with Crippen LogP contribution in [0.1, 0.15) is 12.8 Å². The Bertz CT molecular complexity index is 83.8. The van der Waals surface area contributed by atoms with Crippen molar-refractivity contribution in [2.75, 3.05) is 0 Å². The van der Waals surface area contributed by atoms with Gasteiger partial charge in [0, 0.05) is 5.25 Å². The lowest BCUT2D eigenvalue weighted by Crippen LogP contribution is -1.98. The summed E-state index contributed by atoms with van der Waals surface area (Å²) in [7, 11) is 0. The van der Waals surface area contributed by atoms with Crippen molar-refractivity contribution < 1.29 is 13.2 Å². The van der Waals surface area contributed by atoms with E-state index >= 15 is 0 Å². The van der Waals surface area contributed by atoms with E-state index < -0.39 is 5.51 Å². The normalized spacial score (nSPS) is 21.4. The van der Waals surface area contributed by atoms with E-state index in [0.717, 1.165) is 0 Å². The minimum atomic E-state index is -4.04. The second-order valence-electron chi connectivity index (χ2n) is 1.59. The van der Waals surface area contributed by atoms with Crippen molar-refractivity contribution in [3.63, 3.8) is 0 Å². The molecule has 1 aliphatic rings. The number of alkyl halides is 3. The van der Waals surface area contributed by atoms with Gasteiger partial charge in [0.05, 0.1) is 0 Å². The molecule has 0 heterocycles. The summed E-state index contributed by atoms with van der Waals surface area (Å²) in [6.45, 7) is 0. The lowest BCUT2D eigenvalue weighted by Gasteiger charge is -2.00. The van der Waals surface area contributed by atoms with Crippen LogP contribution in [0, 0.1) is 5.25 Å². The van der Waals surface area contributed by atoms with Gasteiger partial charge < -0.3 is 0 Å². The first-order valence-electron chi connectivity index (χ1n) is 2.18. The van der Waals surface area contributed by atoms with Gasteiger partial charge in [0.1, 0.15) is 0 Å². The summed E-state index contributed by atoms with van der Waals surface area (Å²) in [5, 5.41) is 0.567. The van der Waals surface area contributed by atoms with Crippen LogP contribution in [0.25, 0.3) is 0 Å². The van der Waals surface area contributed by atoms with E-state index in [0.29, 0.717) is 18.1 Å². The molecule has 0 aliphatic heterocycles. The second-order valence-corrected chi connectivity index (χ2v) is 2.83. The van der Waals surface area contributed by atoms with Gasteiger partial charge in [-0.1, -0.05) is 0 Å². The van der Waals surface area contributed by atoms with Crippen LogP contribution in [0.15, 0.2) is 0 Å². The highest BCUT2D eigenvalue weighted by Crippen LogP contribution is 2.50. The molecule has 0 aromatic carbocycles. The summed E-state index contributed by atoms with van der Waals surface area (Å²) in [6, 6.07) is 0. The van der Waals surface area contributed by atoms with Crippen molar-refractivity contribution in [1.29, 1.82) is 0 Å². The first-order chi connectivity index (χ1) is 3.58. The molecule has 0 unspecified atom stereocenters. The van der Waals surface area contributed by atoms with E-state index in [4.69, 9.17) is 0 Å². The van der Waals surface area contributed by atoms with Gasteiger partial charge in [-0.3, -0.25) is 0 Å². The van der Waals surface area contributed by atoms with Crippen molar-refractivity contribution in [2.45, 2.75) is 18.3 Å². The highest BCUT2D eigenvalue weighted by molar-refractivity contribution is 8.03. The molecule has 0 atom stereocenters. The van der Waals surface area contributed by atoms with Crippen LogP contribution in [0.4, 0.5) is 13.2 Å². The molecule has 47 valence electrons. The Balaban J connectivity index is 2.16. The predicted molar refractivity (Wildman–Crippen MR) is 26.1 cm³/mol. The van der Waals surface area contributed by atoms with E-state index in [9.17, 15) is 13.2 Å². The highest BCUT2D eigenvalue weighted by atomic mass is 32.2.